The van der Waals surface area contributed by atoms with E-state index >= 15 is 0 Å². The molecule has 3 aromatic heterocycles. The molecule has 0 fully saturated rings. The van der Waals surface area contributed by atoms with Crippen molar-refractivity contribution in [2.24, 2.45) is 0 Å². The fourth-order valence-electron chi connectivity index (χ4n) is 2.87. The summed E-state index contributed by atoms with van der Waals surface area (Å²) in [7, 11) is 0. The highest BCUT2D eigenvalue weighted by molar-refractivity contribution is 5.97. The Kier molecular flexibility index (Phi) is 5.07. The van der Waals surface area contributed by atoms with Crippen LogP contribution in [-0.4, -0.2) is 53.9 Å². The smallest absolute Gasteiger partial charge is 0.343 e. The third-order valence-corrected chi connectivity index (χ3v) is 4.17. The molecular formula is C17H16N4O7. The molecule has 28 heavy (non-hydrogen) atoms. The molecule has 1 unspecified atom stereocenters. The molecule has 11 nitrogen and oxygen atoms in total. The van der Waals surface area contributed by atoms with E-state index < -0.39 is 35.9 Å². The van der Waals surface area contributed by atoms with E-state index in [1.807, 2.05) is 0 Å². The van der Waals surface area contributed by atoms with Gasteiger partial charge in [-0.05, 0) is 19.4 Å². The lowest BCUT2D eigenvalue weighted by Gasteiger charge is -2.15. The molecule has 0 radical (unpaired) electrons. The highest BCUT2D eigenvalue weighted by atomic mass is 16.5. The van der Waals surface area contributed by atoms with Gasteiger partial charge in [0.05, 0.1) is 23.7 Å². The molecule has 11 heteroatoms. The van der Waals surface area contributed by atoms with Crippen molar-refractivity contribution in [3.05, 3.63) is 40.6 Å². The Morgan fingerprint density at radius 2 is 2.00 bits per heavy atom. The van der Waals surface area contributed by atoms with Crippen LogP contribution in [0.1, 0.15) is 36.2 Å². The number of aliphatic carboxylic acids is 2. The number of carbonyl (C=O) groups excluding carboxylic acids is 1. The van der Waals surface area contributed by atoms with Crippen LogP contribution in [0.25, 0.3) is 16.6 Å². The summed E-state index contributed by atoms with van der Waals surface area (Å²) in [6.07, 6.45) is 3.11. The van der Waals surface area contributed by atoms with Crippen molar-refractivity contribution >= 4 is 34.5 Å². The molecule has 0 aliphatic carbocycles. The third kappa shape index (κ3) is 3.29. The van der Waals surface area contributed by atoms with Gasteiger partial charge in [0, 0.05) is 18.8 Å². The van der Waals surface area contributed by atoms with Crippen LogP contribution < -0.4 is 5.56 Å². The van der Waals surface area contributed by atoms with Crippen molar-refractivity contribution in [3.63, 3.8) is 0 Å². The summed E-state index contributed by atoms with van der Waals surface area (Å²) in [4.78, 5) is 51.1. The lowest BCUT2D eigenvalue weighted by Crippen LogP contribution is -2.30. The summed E-state index contributed by atoms with van der Waals surface area (Å²) < 4.78 is 7.19. The minimum Gasteiger partial charge on any atom is -0.481 e. The van der Waals surface area contributed by atoms with Crippen LogP contribution in [0.5, 0.6) is 0 Å². The van der Waals surface area contributed by atoms with Gasteiger partial charge in [0.25, 0.3) is 5.56 Å². The fourth-order valence-corrected chi connectivity index (χ4v) is 2.87. The molecule has 3 heterocycles. The minimum absolute atomic E-state index is 0.0788. The first kappa shape index (κ1) is 19.0. The predicted molar refractivity (Wildman–Crippen MR) is 94.3 cm³/mol. The van der Waals surface area contributed by atoms with Crippen LogP contribution in [0.3, 0.4) is 0 Å². The predicted octanol–water partition coefficient (Wildman–Crippen LogP) is 0.711. The third-order valence-electron chi connectivity index (χ3n) is 4.17. The number of rotatable bonds is 7. The zero-order valence-electron chi connectivity index (χ0n) is 14.7. The highest BCUT2D eigenvalue weighted by Gasteiger charge is 2.24. The van der Waals surface area contributed by atoms with Gasteiger partial charge in [-0.2, -0.15) is 5.10 Å². The van der Waals surface area contributed by atoms with Gasteiger partial charge >= 0.3 is 17.9 Å². The van der Waals surface area contributed by atoms with Crippen LogP contribution in [0.15, 0.2) is 29.5 Å². The van der Waals surface area contributed by atoms with Gasteiger partial charge in [-0.15, -0.1) is 0 Å². The summed E-state index contributed by atoms with van der Waals surface area (Å²) in [6.45, 7) is 1.85. The average Bonchev–Trinajstić information content (AvgIpc) is 3.07. The second-order valence-corrected chi connectivity index (χ2v) is 5.89. The zero-order chi connectivity index (χ0) is 20.4. The maximum absolute atomic E-state index is 12.8. The summed E-state index contributed by atoms with van der Waals surface area (Å²) in [5.74, 6) is -3.08. The monoisotopic (exact) mass is 388 g/mol. The van der Waals surface area contributed by atoms with Crippen molar-refractivity contribution in [3.8, 4) is 0 Å². The van der Waals surface area contributed by atoms with Gasteiger partial charge in [0.1, 0.15) is 11.6 Å². The molecule has 0 aliphatic rings. The van der Waals surface area contributed by atoms with Crippen LogP contribution in [0, 0.1) is 0 Å². The number of carbonyl (C=O) groups is 3. The van der Waals surface area contributed by atoms with Crippen LogP contribution in [-0.2, 0) is 14.3 Å². The van der Waals surface area contributed by atoms with E-state index in [9.17, 15) is 24.3 Å². The van der Waals surface area contributed by atoms with Crippen LogP contribution in [0.4, 0.5) is 0 Å². The van der Waals surface area contributed by atoms with Gasteiger partial charge in [-0.25, -0.2) is 19.1 Å². The van der Waals surface area contributed by atoms with Crippen molar-refractivity contribution in [2.75, 3.05) is 6.61 Å². The summed E-state index contributed by atoms with van der Waals surface area (Å²) in [5, 5.41) is 22.3. The first-order valence-corrected chi connectivity index (χ1v) is 8.34. The number of fused-ring (bicyclic) bond motifs is 3. The van der Waals surface area contributed by atoms with Gasteiger partial charge in [0.2, 0.25) is 0 Å². The molecule has 0 bridgehead atoms. The van der Waals surface area contributed by atoms with Crippen molar-refractivity contribution in [1.82, 2.24) is 19.2 Å². The second kappa shape index (κ2) is 7.47. The van der Waals surface area contributed by atoms with Crippen molar-refractivity contribution in [1.29, 1.82) is 0 Å². The molecule has 1 atom stereocenters. The number of carboxylic acids is 2. The van der Waals surface area contributed by atoms with E-state index in [1.54, 1.807) is 6.92 Å². The number of ether oxygens (including phenoxy) is 1. The average molecular weight is 388 g/mol. The Bertz CT molecular complexity index is 1150. The summed E-state index contributed by atoms with van der Waals surface area (Å²) in [6, 6.07) is 0.126. The topological polar surface area (TPSA) is 153 Å². The van der Waals surface area contributed by atoms with Gasteiger partial charge < -0.3 is 19.5 Å². The van der Waals surface area contributed by atoms with Gasteiger partial charge in [-0.3, -0.25) is 9.59 Å². The van der Waals surface area contributed by atoms with E-state index in [2.05, 4.69) is 10.1 Å². The maximum Gasteiger partial charge on any atom is 0.343 e. The molecule has 0 amide bonds. The first-order chi connectivity index (χ1) is 13.3. The largest absolute Gasteiger partial charge is 0.481 e. The fraction of sp³-hybridized carbons (Fsp3) is 0.294. The van der Waals surface area contributed by atoms with Gasteiger partial charge in [-0.1, -0.05) is 0 Å². The molecule has 146 valence electrons. The quantitative estimate of drug-likeness (QED) is 0.557. The number of aromatic nitrogens is 4. The standard InChI is InChI=1S/C17H16N4O7/c1-2-28-17(27)10-8-19-21-11-5-6-20(12(16(25)26)3-4-13(22)23)15(24)9(11)7-18-14(10)21/h5-8,12H,2-4H2,1H3,(H,22,23)(H,25,26). The van der Waals surface area contributed by atoms with Gasteiger partial charge in [0.15, 0.2) is 5.65 Å². The van der Waals surface area contributed by atoms with Crippen LogP contribution in [0.2, 0.25) is 0 Å². The molecule has 0 aliphatic heterocycles. The number of nitrogens with zero attached hydrogens (tertiary/aromatic N) is 4. The Balaban J connectivity index is 2.13. The van der Waals surface area contributed by atoms with E-state index in [4.69, 9.17) is 9.84 Å². The molecule has 2 N–H and O–H groups in total. The number of carboxylic acid groups (broad SMARTS) is 2. The molecule has 0 spiro atoms. The lowest BCUT2D eigenvalue weighted by atomic mass is 10.1. The van der Waals surface area contributed by atoms with E-state index in [0.717, 1.165) is 4.57 Å². The minimum atomic E-state index is -1.34. The second-order valence-electron chi connectivity index (χ2n) is 5.89. The number of pyridine rings is 1. The highest BCUT2D eigenvalue weighted by Crippen LogP contribution is 2.18. The Labute approximate surface area is 156 Å². The van der Waals surface area contributed by atoms with E-state index in [0.29, 0.717) is 5.52 Å². The van der Waals surface area contributed by atoms with E-state index in [-0.39, 0.29) is 29.6 Å². The summed E-state index contributed by atoms with van der Waals surface area (Å²) in [5.41, 5.74) is 0.00334. The van der Waals surface area contributed by atoms with Crippen LogP contribution >= 0.6 is 0 Å². The molecule has 0 saturated heterocycles. The molecule has 3 aromatic rings. The summed E-state index contributed by atoms with van der Waals surface area (Å²) >= 11 is 0. The molecular weight excluding hydrogens is 372 g/mol. The molecule has 0 aromatic carbocycles. The SMILES string of the molecule is CCOC(=O)c1cnn2c1ncc1c(=O)n(C(CCC(=O)O)C(=O)O)ccc12. The Hall–Kier alpha value is -3.76. The first-order valence-electron chi connectivity index (χ1n) is 8.34. The Morgan fingerprint density at radius 1 is 1.25 bits per heavy atom. The number of hydrogen-bond acceptors (Lipinski definition) is 7. The number of hydrogen-bond donors (Lipinski definition) is 2. The normalized spacial score (nSPS) is 12.2. The van der Waals surface area contributed by atoms with E-state index in [1.165, 1.54) is 29.2 Å². The Morgan fingerprint density at radius 3 is 2.64 bits per heavy atom. The molecule has 3 rings (SSSR count). The van der Waals surface area contributed by atoms with Crippen molar-refractivity contribution in [2.45, 2.75) is 25.8 Å². The number of esters is 1. The lowest BCUT2D eigenvalue weighted by molar-refractivity contribution is -0.142. The van der Waals surface area contributed by atoms with Crippen molar-refractivity contribution < 1.29 is 29.3 Å². The molecule has 0 saturated carbocycles. The zero-order valence-corrected chi connectivity index (χ0v) is 14.7. The maximum atomic E-state index is 12.8.